The lowest BCUT2D eigenvalue weighted by atomic mass is 9.98. The third kappa shape index (κ3) is 3.80. The van der Waals surface area contributed by atoms with E-state index in [1.165, 1.54) is 0 Å². The first-order valence-corrected chi connectivity index (χ1v) is 6.13. The molecule has 0 N–H and O–H groups in total. The molecule has 17 heavy (non-hydrogen) atoms. The maximum absolute atomic E-state index is 12.1. The number of esters is 1. The third-order valence-corrected chi connectivity index (χ3v) is 3.01. The van der Waals surface area contributed by atoms with E-state index in [2.05, 4.69) is 0 Å². The molecule has 0 bridgehead atoms. The molecule has 0 aromatic carbocycles. The van der Waals surface area contributed by atoms with Gasteiger partial charge in [-0.3, -0.25) is 14.5 Å². The number of hydrogen-bond acceptors (Lipinski definition) is 4. The zero-order valence-corrected chi connectivity index (χ0v) is 11.5. The second-order valence-electron chi connectivity index (χ2n) is 6.09. The fourth-order valence-corrected chi connectivity index (χ4v) is 1.85. The molecule has 0 amide bonds. The Labute approximate surface area is 103 Å². The minimum atomic E-state index is -0.659. The number of rotatable bonds is 2. The average molecular weight is 241 g/mol. The van der Waals surface area contributed by atoms with Gasteiger partial charge in [0.2, 0.25) is 0 Å². The molecule has 1 saturated heterocycles. The Kier molecular flexibility index (Phi) is 3.97. The summed E-state index contributed by atoms with van der Waals surface area (Å²) in [5, 5.41) is 0. The van der Waals surface area contributed by atoms with Gasteiger partial charge in [0.1, 0.15) is 16.9 Å². The van der Waals surface area contributed by atoms with Gasteiger partial charge in [-0.15, -0.1) is 0 Å². The number of ketones is 1. The summed E-state index contributed by atoms with van der Waals surface area (Å²) in [6.07, 6.45) is 1.07. The van der Waals surface area contributed by atoms with Crippen LogP contribution in [-0.2, 0) is 14.3 Å². The van der Waals surface area contributed by atoms with Crippen molar-refractivity contribution in [3.8, 4) is 0 Å². The normalized spacial score (nSPS) is 19.2. The van der Waals surface area contributed by atoms with Crippen molar-refractivity contribution >= 4 is 11.8 Å². The van der Waals surface area contributed by atoms with E-state index in [0.717, 1.165) is 0 Å². The predicted molar refractivity (Wildman–Crippen MR) is 65.7 cm³/mol. The topological polar surface area (TPSA) is 46.6 Å². The van der Waals surface area contributed by atoms with Crippen molar-refractivity contribution in [3.05, 3.63) is 0 Å². The Morgan fingerprint density at radius 3 is 2.00 bits per heavy atom. The fourth-order valence-electron chi connectivity index (χ4n) is 1.85. The van der Waals surface area contributed by atoms with Crippen LogP contribution in [-0.4, -0.2) is 40.9 Å². The molecular weight excluding hydrogens is 218 g/mol. The summed E-state index contributed by atoms with van der Waals surface area (Å²) in [5.74, 6) is 0.0561. The molecule has 1 heterocycles. The van der Waals surface area contributed by atoms with Gasteiger partial charge in [0.05, 0.1) is 0 Å². The minimum absolute atomic E-state index is 0.223. The molecule has 0 atom stereocenters. The summed E-state index contributed by atoms with van der Waals surface area (Å²) in [7, 11) is 0. The maximum Gasteiger partial charge on any atom is 0.326 e. The standard InChI is InChI=1S/C13H23NO3/c1-12(2,3)17-11(16)13(4,5)14-8-6-10(15)7-9-14/h6-9H2,1-5H3. The molecule has 0 saturated carbocycles. The van der Waals surface area contributed by atoms with Gasteiger partial charge in [-0.1, -0.05) is 0 Å². The lowest BCUT2D eigenvalue weighted by molar-refractivity contribution is -0.169. The van der Waals surface area contributed by atoms with Crippen molar-refractivity contribution in [1.29, 1.82) is 0 Å². The van der Waals surface area contributed by atoms with Crippen LogP contribution in [0.25, 0.3) is 0 Å². The van der Waals surface area contributed by atoms with Crippen LogP contribution in [0.15, 0.2) is 0 Å². The minimum Gasteiger partial charge on any atom is -0.459 e. The van der Waals surface area contributed by atoms with Crippen LogP contribution >= 0.6 is 0 Å². The summed E-state index contributed by atoms with van der Waals surface area (Å²) < 4.78 is 5.42. The molecule has 4 heteroatoms. The molecule has 0 aromatic heterocycles. The molecule has 98 valence electrons. The molecular formula is C13H23NO3. The van der Waals surface area contributed by atoms with E-state index >= 15 is 0 Å². The number of piperidine rings is 1. The van der Waals surface area contributed by atoms with Gasteiger partial charge in [0.15, 0.2) is 0 Å². The van der Waals surface area contributed by atoms with E-state index < -0.39 is 11.1 Å². The molecule has 4 nitrogen and oxygen atoms in total. The summed E-state index contributed by atoms with van der Waals surface area (Å²) >= 11 is 0. The van der Waals surface area contributed by atoms with Crippen molar-refractivity contribution < 1.29 is 14.3 Å². The quantitative estimate of drug-likeness (QED) is 0.691. The van der Waals surface area contributed by atoms with Crippen LogP contribution in [0.4, 0.5) is 0 Å². The molecule has 1 fully saturated rings. The zero-order valence-electron chi connectivity index (χ0n) is 11.5. The summed E-state index contributed by atoms with van der Waals surface area (Å²) in [6.45, 7) is 10.6. The first-order valence-electron chi connectivity index (χ1n) is 6.13. The highest BCUT2D eigenvalue weighted by molar-refractivity contribution is 5.82. The van der Waals surface area contributed by atoms with Gasteiger partial charge in [0.25, 0.3) is 0 Å². The Morgan fingerprint density at radius 1 is 1.12 bits per heavy atom. The number of Topliss-reactive ketones (excluding diaryl/α,β-unsaturated/α-hetero) is 1. The predicted octanol–water partition coefficient (Wildman–Crippen LogP) is 1.77. The number of carbonyl (C=O) groups excluding carboxylic acids is 2. The van der Waals surface area contributed by atoms with Crippen LogP contribution in [0.2, 0.25) is 0 Å². The van der Waals surface area contributed by atoms with Gasteiger partial charge < -0.3 is 4.74 Å². The number of ether oxygens (including phenoxy) is 1. The SMILES string of the molecule is CC(C)(C)OC(=O)C(C)(C)N1CCC(=O)CC1. The Balaban J connectivity index is 2.67. The van der Waals surface area contributed by atoms with Crippen molar-refractivity contribution in [2.24, 2.45) is 0 Å². The second kappa shape index (κ2) is 4.77. The molecule has 0 unspecified atom stereocenters. The van der Waals surface area contributed by atoms with Gasteiger partial charge in [-0.2, -0.15) is 0 Å². The number of carbonyl (C=O) groups is 2. The first-order chi connectivity index (χ1) is 7.63. The summed E-state index contributed by atoms with van der Waals surface area (Å²) in [6, 6.07) is 0. The smallest absolute Gasteiger partial charge is 0.326 e. The van der Waals surface area contributed by atoms with Crippen molar-refractivity contribution in [1.82, 2.24) is 4.90 Å². The lowest BCUT2D eigenvalue weighted by Gasteiger charge is -2.39. The number of hydrogen-bond donors (Lipinski definition) is 0. The molecule has 0 aliphatic carbocycles. The second-order valence-corrected chi connectivity index (χ2v) is 6.09. The molecule has 1 rings (SSSR count). The molecule has 0 aromatic rings. The van der Waals surface area contributed by atoms with E-state index in [1.54, 1.807) is 0 Å². The van der Waals surface area contributed by atoms with Crippen molar-refractivity contribution in [3.63, 3.8) is 0 Å². The maximum atomic E-state index is 12.1. The van der Waals surface area contributed by atoms with E-state index in [1.807, 2.05) is 39.5 Å². The third-order valence-electron chi connectivity index (χ3n) is 3.01. The van der Waals surface area contributed by atoms with Crippen LogP contribution in [0.5, 0.6) is 0 Å². The van der Waals surface area contributed by atoms with E-state index in [-0.39, 0.29) is 11.8 Å². The number of likely N-dealkylation sites (tertiary alicyclic amines) is 1. The molecule has 0 spiro atoms. The summed E-state index contributed by atoms with van der Waals surface area (Å²) in [4.78, 5) is 25.3. The van der Waals surface area contributed by atoms with Crippen molar-refractivity contribution in [2.45, 2.75) is 58.6 Å². The van der Waals surface area contributed by atoms with Gasteiger partial charge in [-0.25, -0.2) is 0 Å². The first kappa shape index (κ1) is 14.2. The Morgan fingerprint density at radius 2 is 1.59 bits per heavy atom. The average Bonchev–Trinajstić information content (AvgIpc) is 2.15. The van der Waals surface area contributed by atoms with Gasteiger partial charge in [0, 0.05) is 25.9 Å². The lowest BCUT2D eigenvalue weighted by Crippen LogP contribution is -2.55. The van der Waals surface area contributed by atoms with Crippen LogP contribution < -0.4 is 0 Å². The highest BCUT2D eigenvalue weighted by Crippen LogP contribution is 2.23. The fraction of sp³-hybridized carbons (Fsp3) is 0.846. The Bertz CT molecular complexity index is 305. The van der Waals surface area contributed by atoms with Gasteiger partial charge >= 0.3 is 5.97 Å². The van der Waals surface area contributed by atoms with E-state index in [9.17, 15) is 9.59 Å². The van der Waals surface area contributed by atoms with Crippen LogP contribution in [0.1, 0.15) is 47.5 Å². The molecule has 0 radical (unpaired) electrons. The monoisotopic (exact) mass is 241 g/mol. The van der Waals surface area contributed by atoms with Gasteiger partial charge in [-0.05, 0) is 34.6 Å². The molecule has 1 aliphatic heterocycles. The summed E-state index contributed by atoms with van der Waals surface area (Å²) in [5.41, 5.74) is -1.13. The zero-order chi connectivity index (χ0) is 13.3. The highest BCUT2D eigenvalue weighted by Gasteiger charge is 2.39. The number of nitrogens with zero attached hydrogens (tertiary/aromatic N) is 1. The van der Waals surface area contributed by atoms with E-state index in [4.69, 9.17) is 4.74 Å². The van der Waals surface area contributed by atoms with E-state index in [0.29, 0.717) is 25.9 Å². The molecule has 1 aliphatic rings. The van der Waals surface area contributed by atoms with Crippen LogP contribution in [0, 0.1) is 0 Å². The highest BCUT2D eigenvalue weighted by atomic mass is 16.6. The Hall–Kier alpha value is -0.900. The largest absolute Gasteiger partial charge is 0.459 e. The van der Waals surface area contributed by atoms with Crippen molar-refractivity contribution in [2.75, 3.05) is 13.1 Å². The van der Waals surface area contributed by atoms with Crippen LogP contribution in [0.3, 0.4) is 0 Å².